The summed E-state index contributed by atoms with van der Waals surface area (Å²) >= 11 is 3.34. The quantitative estimate of drug-likeness (QED) is 0.888. The Labute approximate surface area is 108 Å². The highest BCUT2D eigenvalue weighted by molar-refractivity contribution is 9.10. The minimum absolute atomic E-state index is 0.253. The van der Waals surface area contributed by atoms with Gasteiger partial charge in [0.25, 0.3) is 0 Å². The van der Waals surface area contributed by atoms with Crippen LogP contribution in [-0.2, 0) is 0 Å². The normalized spacial score (nSPS) is 12.5. The standard InChI is InChI=1S/C14H12BrFO/c1-9-8-11(4-7-13(9)16)14(17)10-2-5-12(15)6-3-10/h2-8,14,17H,1H3/t14-/m1/s1. The molecule has 17 heavy (non-hydrogen) atoms. The lowest BCUT2D eigenvalue weighted by atomic mass is 10.00. The number of aliphatic hydroxyl groups is 1. The molecule has 0 aliphatic rings. The second-order valence-corrected chi connectivity index (χ2v) is 4.88. The zero-order valence-electron chi connectivity index (χ0n) is 9.32. The van der Waals surface area contributed by atoms with Gasteiger partial charge in [0.15, 0.2) is 0 Å². The molecule has 0 saturated carbocycles. The van der Waals surface area contributed by atoms with Gasteiger partial charge in [0.1, 0.15) is 11.9 Å². The van der Waals surface area contributed by atoms with Gasteiger partial charge >= 0.3 is 0 Å². The van der Waals surface area contributed by atoms with Crippen molar-refractivity contribution in [3.05, 3.63) is 69.4 Å². The molecule has 88 valence electrons. The number of hydrogen-bond acceptors (Lipinski definition) is 1. The lowest BCUT2D eigenvalue weighted by molar-refractivity contribution is 0.220. The largest absolute Gasteiger partial charge is 0.384 e. The Morgan fingerprint density at radius 3 is 2.24 bits per heavy atom. The van der Waals surface area contributed by atoms with Crippen LogP contribution in [0.5, 0.6) is 0 Å². The molecule has 0 amide bonds. The molecule has 0 saturated heterocycles. The molecule has 2 rings (SSSR count). The Bertz CT molecular complexity index is 522. The molecule has 1 atom stereocenters. The highest BCUT2D eigenvalue weighted by Crippen LogP contribution is 2.24. The van der Waals surface area contributed by atoms with E-state index in [1.165, 1.54) is 6.07 Å². The molecular formula is C14H12BrFO. The number of halogens is 2. The SMILES string of the molecule is Cc1cc([C@H](O)c2ccc(Br)cc2)ccc1F. The molecule has 2 aromatic carbocycles. The van der Waals surface area contributed by atoms with Crippen molar-refractivity contribution < 1.29 is 9.50 Å². The molecule has 1 nitrogen and oxygen atoms in total. The van der Waals surface area contributed by atoms with Crippen LogP contribution in [0.4, 0.5) is 4.39 Å². The maximum absolute atomic E-state index is 13.1. The topological polar surface area (TPSA) is 20.2 Å². The van der Waals surface area contributed by atoms with Gasteiger partial charge in [0, 0.05) is 4.47 Å². The van der Waals surface area contributed by atoms with Crippen LogP contribution in [0.15, 0.2) is 46.9 Å². The molecule has 0 aliphatic heterocycles. The fourth-order valence-electron chi connectivity index (χ4n) is 1.68. The third kappa shape index (κ3) is 2.73. The van der Waals surface area contributed by atoms with E-state index < -0.39 is 6.10 Å². The Hall–Kier alpha value is -1.19. The lowest BCUT2D eigenvalue weighted by Gasteiger charge is -2.12. The summed E-state index contributed by atoms with van der Waals surface area (Å²) in [5.74, 6) is -0.253. The smallest absolute Gasteiger partial charge is 0.126 e. The Morgan fingerprint density at radius 2 is 1.65 bits per heavy atom. The van der Waals surface area contributed by atoms with Crippen LogP contribution >= 0.6 is 15.9 Å². The first-order chi connectivity index (χ1) is 8.08. The molecule has 0 bridgehead atoms. The Morgan fingerprint density at radius 1 is 1.06 bits per heavy atom. The van der Waals surface area contributed by atoms with Crippen LogP contribution in [0.2, 0.25) is 0 Å². The summed E-state index contributed by atoms with van der Waals surface area (Å²) in [6.45, 7) is 1.69. The molecular weight excluding hydrogens is 283 g/mol. The van der Waals surface area contributed by atoms with E-state index in [-0.39, 0.29) is 5.82 Å². The van der Waals surface area contributed by atoms with Gasteiger partial charge in [0.2, 0.25) is 0 Å². The fourth-order valence-corrected chi connectivity index (χ4v) is 1.94. The number of hydrogen-bond donors (Lipinski definition) is 1. The van der Waals surface area contributed by atoms with Crippen molar-refractivity contribution in [2.45, 2.75) is 13.0 Å². The summed E-state index contributed by atoms with van der Waals surface area (Å²) in [7, 11) is 0. The van der Waals surface area contributed by atoms with Gasteiger partial charge in [-0.1, -0.05) is 40.2 Å². The molecule has 0 aromatic heterocycles. The van der Waals surface area contributed by atoms with Gasteiger partial charge < -0.3 is 5.11 Å². The number of rotatable bonds is 2. The first kappa shape index (κ1) is 12.3. The van der Waals surface area contributed by atoms with Crippen molar-refractivity contribution in [2.24, 2.45) is 0 Å². The van der Waals surface area contributed by atoms with Crippen molar-refractivity contribution in [2.75, 3.05) is 0 Å². The van der Waals surface area contributed by atoms with E-state index in [1.807, 2.05) is 24.3 Å². The third-order valence-electron chi connectivity index (χ3n) is 2.68. The van der Waals surface area contributed by atoms with E-state index in [0.29, 0.717) is 11.1 Å². The molecule has 0 fully saturated rings. The summed E-state index contributed by atoms with van der Waals surface area (Å²) in [5, 5.41) is 10.2. The number of benzene rings is 2. The summed E-state index contributed by atoms with van der Waals surface area (Å²) in [4.78, 5) is 0. The zero-order chi connectivity index (χ0) is 12.4. The van der Waals surface area contributed by atoms with Crippen LogP contribution in [0.25, 0.3) is 0 Å². The van der Waals surface area contributed by atoms with Gasteiger partial charge in [0.05, 0.1) is 0 Å². The Kier molecular flexibility index (Phi) is 3.60. The van der Waals surface area contributed by atoms with E-state index in [2.05, 4.69) is 15.9 Å². The van der Waals surface area contributed by atoms with Gasteiger partial charge in [-0.25, -0.2) is 4.39 Å². The average Bonchev–Trinajstić information content (AvgIpc) is 2.33. The summed E-state index contributed by atoms with van der Waals surface area (Å²) in [6, 6.07) is 12.1. The van der Waals surface area contributed by atoms with E-state index in [1.54, 1.807) is 19.1 Å². The van der Waals surface area contributed by atoms with E-state index in [0.717, 1.165) is 10.0 Å². The lowest BCUT2D eigenvalue weighted by Crippen LogP contribution is -2.00. The van der Waals surface area contributed by atoms with Crippen LogP contribution in [0, 0.1) is 12.7 Å². The van der Waals surface area contributed by atoms with Crippen LogP contribution in [0.1, 0.15) is 22.8 Å². The van der Waals surface area contributed by atoms with Crippen LogP contribution in [-0.4, -0.2) is 5.11 Å². The first-order valence-corrected chi connectivity index (χ1v) is 6.07. The second kappa shape index (κ2) is 4.98. The fraction of sp³-hybridized carbons (Fsp3) is 0.143. The van der Waals surface area contributed by atoms with Crippen molar-refractivity contribution in [3.8, 4) is 0 Å². The maximum Gasteiger partial charge on any atom is 0.126 e. The van der Waals surface area contributed by atoms with Crippen molar-refractivity contribution in [3.63, 3.8) is 0 Å². The molecule has 0 heterocycles. The monoisotopic (exact) mass is 294 g/mol. The Balaban J connectivity index is 2.33. The summed E-state index contributed by atoms with van der Waals surface area (Å²) in [6.07, 6.45) is -0.720. The molecule has 0 aliphatic carbocycles. The van der Waals surface area contributed by atoms with Crippen LogP contribution < -0.4 is 0 Å². The summed E-state index contributed by atoms with van der Waals surface area (Å²) < 4.78 is 14.1. The van der Waals surface area contributed by atoms with E-state index in [9.17, 15) is 9.50 Å². The number of aryl methyl sites for hydroxylation is 1. The van der Waals surface area contributed by atoms with Gasteiger partial charge in [-0.2, -0.15) is 0 Å². The minimum Gasteiger partial charge on any atom is -0.384 e. The van der Waals surface area contributed by atoms with Crippen molar-refractivity contribution >= 4 is 15.9 Å². The third-order valence-corrected chi connectivity index (χ3v) is 3.21. The molecule has 3 heteroatoms. The van der Waals surface area contributed by atoms with Crippen LogP contribution in [0.3, 0.4) is 0 Å². The van der Waals surface area contributed by atoms with E-state index in [4.69, 9.17) is 0 Å². The highest BCUT2D eigenvalue weighted by Gasteiger charge is 2.11. The molecule has 2 aromatic rings. The second-order valence-electron chi connectivity index (χ2n) is 3.96. The average molecular weight is 295 g/mol. The van der Waals surface area contributed by atoms with Crippen molar-refractivity contribution in [1.29, 1.82) is 0 Å². The minimum atomic E-state index is -0.720. The van der Waals surface area contributed by atoms with E-state index >= 15 is 0 Å². The van der Waals surface area contributed by atoms with Gasteiger partial charge in [-0.15, -0.1) is 0 Å². The predicted molar refractivity (Wildman–Crippen MR) is 69.3 cm³/mol. The molecule has 1 N–H and O–H groups in total. The first-order valence-electron chi connectivity index (χ1n) is 5.27. The molecule has 0 radical (unpaired) electrons. The van der Waals surface area contributed by atoms with Gasteiger partial charge in [-0.05, 0) is 41.8 Å². The molecule has 0 unspecified atom stereocenters. The molecule has 0 spiro atoms. The highest BCUT2D eigenvalue weighted by atomic mass is 79.9. The van der Waals surface area contributed by atoms with Gasteiger partial charge in [-0.3, -0.25) is 0 Å². The van der Waals surface area contributed by atoms with Crippen molar-refractivity contribution in [1.82, 2.24) is 0 Å². The number of aliphatic hydroxyl groups excluding tert-OH is 1. The maximum atomic E-state index is 13.1. The summed E-state index contributed by atoms with van der Waals surface area (Å²) in [5.41, 5.74) is 2.03. The zero-order valence-corrected chi connectivity index (χ0v) is 10.9. The predicted octanol–water partition coefficient (Wildman–Crippen LogP) is 3.98.